The number of carbonyl (C=O) groups excluding carboxylic acids is 1. The molecule has 118 valence electrons. The maximum Gasteiger partial charge on any atom is 0.179 e. The standard InChI is InChI=1S/C18H15BrFNO2/c1-23-14-4-2-3-11(7-14)5-6-17(22)16-9-12-8-13(20)10-15(19)18(12)21-16/h2-4,7-10,21H,5-6H2,1H3. The van der Waals surface area contributed by atoms with Crippen molar-refractivity contribution in [2.45, 2.75) is 12.8 Å². The SMILES string of the molecule is COc1cccc(CCC(=O)c2cc3cc(F)cc(Br)c3[nH]2)c1. The Morgan fingerprint density at radius 2 is 2.09 bits per heavy atom. The number of carbonyl (C=O) groups is 1. The van der Waals surface area contributed by atoms with E-state index in [9.17, 15) is 9.18 Å². The molecular formula is C18H15BrFNO2. The Bertz CT molecular complexity index is 873. The van der Waals surface area contributed by atoms with Crippen molar-refractivity contribution in [3.63, 3.8) is 0 Å². The van der Waals surface area contributed by atoms with Crippen LogP contribution in [-0.2, 0) is 6.42 Å². The monoisotopic (exact) mass is 375 g/mol. The number of halogens is 2. The third kappa shape index (κ3) is 3.45. The Morgan fingerprint density at radius 3 is 2.87 bits per heavy atom. The first kappa shape index (κ1) is 15.7. The summed E-state index contributed by atoms with van der Waals surface area (Å²) < 4.78 is 19.2. The van der Waals surface area contributed by atoms with Gasteiger partial charge < -0.3 is 9.72 Å². The van der Waals surface area contributed by atoms with Gasteiger partial charge in [-0.05, 0) is 58.2 Å². The van der Waals surface area contributed by atoms with Crippen LogP contribution in [0.1, 0.15) is 22.5 Å². The number of fused-ring (bicyclic) bond motifs is 1. The number of aryl methyl sites for hydroxylation is 1. The van der Waals surface area contributed by atoms with Crippen LogP contribution in [0.4, 0.5) is 4.39 Å². The molecule has 1 N–H and O–H groups in total. The van der Waals surface area contributed by atoms with Gasteiger partial charge in [-0.3, -0.25) is 4.79 Å². The van der Waals surface area contributed by atoms with E-state index in [0.717, 1.165) is 16.8 Å². The molecule has 0 bridgehead atoms. The fourth-order valence-corrected chi connectivity index (χ4v) is 3.08. The predicted octanol–water partition coefficient (Wildman–Crippen LogP) is 4.89. The lowest BCUT2D eigenvalue weighted by Crippen LogP contribution is -2.01. The number of hydrogen-bond donors (Lipinski definition) is 1. The van der Waals surface area contributed by atoms with E-state index in [1.54, 1.807) is 13.2 Å². The third-order valence-corrected chi connectivity index (χ3v) is 4.35. The van der Waals surface area contributed by atoms with E-state index < -0.39 is 0 Å². The molecule has 0 saturated carbocycles. The molecule has 0 unspecified atom stereocenters. The smallest absolute Gasteiger partial charge is 0.179 e. The van der Waals surface area contributed by atoms with Crippen molar-refractivity contribution in [3.8, 4) is 5.75 Å². The van der Waals surface area contributed by atoms with Gasteiger partial charge in [0.05, 0.1) is 18.3 Å². The molecule has 0 radical (unpaired) electrons. The average Bonchev–Trinajstić information content (AvgIpc) is 2.97. The fraction of sp³-hybridized carbons (Fsp3) is 0.167. The number of hydrogen-bond acceptors (Lipinski definition) is 2. The van der Waals surface area contributed by atoms with Crippen LogP contribution >= 0.6 is 15.9 Å². The molecule has 3 nitrogen and oxygen atoms in total. The number of H-pyrrole nitrogens is 1. The first-order valence-corrected chi connectivity index (χ1v) is 8.00. The quantitative estimate of drug-likeness (QED) is 0.644. The summed E-state index contributed by atoms with van der Waals surface area (Å²) in [6.45, 7) is 0. The Balaban J connectivity index is 1.76. The number of ether oxygens (including phenoxy) is 1. The summed E-state index contributed by atoms with van der Waals surface area (Å²) in [6.07, 6.45) is 1.00. The van der Waals surface area contributed by atoms with Crippen LogP contribution in [-0.4, -0.2) is 17.9 Å². The van der Waals surface area contributed by atoms with Gasteiger partial charge in [0, 0.05) is 16.3 Å². The van der Waals surface area contributed by atoms with E-state index in [1.165, 1.54) is 12.1 Å². The number of nitrogens with one attached hydrogen (secondary N) is 1. The van der Waals surface area contributed by atoms with Gasteiger partial charge in [-0.2, -0.15) is 0 Å². The summed E-state index contributed by atoms with van der Waals surface area (Å²) >= 11 is 3.31. The van der Waals surface area contributed by atoms with Crippen molar-refractivity contribution in [1.82, 2.24) is 4.98 Å². The number of aromatic nitrogens is 1. The molecule has 3 rings (SSSR count). The van der Waals surface area contributed by atoms with Crippen molar-refractivity contribution < 1.29 is 13.9 Å². The molecule has 1 aromatic heterocycles. The van der Waals surface area contributed by atoms with Crippen LogP contribution < -0.4 is 4.74 Å². The molecule has 0 atom stereocenters. The minimum atomic E-state index is -0.334. The number of aromatic amines is 1. The Hall–Kier alpha value is -2.14. The largest absolute Gasteiger partial charge is 0.497 e. The first-order valence-electron chi connectivity index (χ1n) is 7.20. The van der Waals surface area contributed by atoms with Crippen LogP contribution in [0, 0.1) is 5.82 Å². The number of Topliss-reactive ketones (excluding diaryl/α,β-unsaturated/α-hetero) is 1. The third-order valence-electron chi connectivity index (χ3n) is 3.72. The summed E-state index contributed by atoms with van der Waals surface area (Å²) in [7, 11) is 1.62. The molecule has 2 aromatic carbocycles. The zero-order valence-corrected chi connectivity index (χ0v) is 14.1. The lowest BCUT2D eigenvalue weighted by molar-refractivity contribution is 0.0979. The normalized spacial score (nSPS) is 10.9. The molecule has 0 aliphatic carbocycles. The van der Waals surface area contributed by atoms with Gasteiger partial charge in [-0.15, -0.1) is 0 Å². The zero-order chi connectivity index (χ0) is 16.4. The van der Waals surface area contributed by atoms with Crippen molar-refractivity contribution in [3.05, 3.63) is 64.0 Å². The second kappa shape index (κ2) is 6.54. The molecule has 0 amide bonds. The highest BCUT2D eigenvalue weighted by molar-refractivity contribution is 9.10. The Labute approximate surface area is 141 Å². The lowest BCUT2D eigenvalue weighted by atomic mass is 10.1. The van der Waals surface area contributed by atoms with E-state index >= 15 is 0 Å². The van der Waals surface area contributed by atoms with Crippen LogP contribution in [0.2, 0.25) is 0 Å². The lowest BCUT2D eigenvalue weighted by Gasteiger charge is -2.03. The van der Waals surface area contributed by atoms with Crippen molar-refractivity contribution >= 4 is 32.6 Å². The minimum absolute atomic E-state index is 0.00340. The molecule has 3 aromatic rings. The zero-order valence-electron chi connectivity index (χ0n) is 12.5. The summed E-state index contributed by atoms with van der Waals surface area (Å²) in [5.74, 6) is 0.440. The number of ketones is 1. The first-order chi connectivity index (χ1) is 11.1. The van der Waals surface area contributed by atoms with E-state index in [1.807, 2.05) is 24.3 Å². The molecule has 23 heavy (non-hydrogen) atoms. The van der Waals surface area contributed by atoms with E-state index in [-0.39, 0.29) is 11.6 Å². The minimum Gasteiger partial charge on any atom is -0.497 e. The van der Waals surface area contributed by atoms with Gasteiger partial charge >= 0.3 is 0 Å². The summed E-state index contributed by atoms with van der Waals surface area (Å²) in [5, 5.41) is 0.682. The molecule has 5 heteroatoms. The molecule has 0 aliphatic heterocycles. The molecule has 0 saturated heterocycles. The van der Waals surface area contributed by atoms with Gasteiger partial charge in [0.15, 0.2) is 5.78 Å². The highest BCUT2D eigenvalue weighted by Crippen LogP contribution is 2.26. The van der Waals surface area contributed by atoms with Crippen LogP contribution in [0.15, 0.2) is 46.9 Å². The van der Waals surface area contributed by atoms with E-state index in [4.69, 9.17) is 4.74 Å². The molecule has 0 aliphatic rings. The van der Waals surface area contributed by atoms with E-state index in [0.29, 0.717) is 28.4 Å². The topological polar surface area (TPSA) is 42.1 Å². The highest BCUT2D eigenvalue weighted by atomic mass is 79.9. The van der Waals surface area contributed by atoms with Gasteiger partial charge in [-0.25, -0.2) is 4.39 Å². The summed E-state index contributed by atoms with van der Waals surface area (Å²) in [4.78, 5) is 15.4. The number of methoxy groups -OCH3 is 1. The Morgan fingerprint density at radius 1 is 1.26 bits per heavy atom. The molecule has 0 spiro atoms. The second-order valence-electron chi connectivity index (χ2n) is 5.31. The second-order valence-corrected chi connectivity index (χ2v) is 6.16. The molecule has 0 fully saturated rings. The maximum absolute atomic E-state index is 13.4. The highest BCUT2D eigenvalue weighted by Gasteiger charge is 2.12. The van der Waals surface area contributed by atoms with Crippen molar-refractivity contribution in [2.75, 3.05) is 7.11 Å². The van der Waals surface area contributed by atoms with Crippen LogP contribution in [0.3, 0.4) is 0 Å². The van der Waals surface area contributed by atoms with Crippen molar-refractivity contribution in [1.29, 1.82) is 0 Å². The predicted molar refractivity (Wildman–Crippen MR) is 91.6 cm³/mol. The van der Waals surface area contributed by atoms with E-state index in [2.05, 4.69) is 20.9 Å². The van der Waals surface area contributed by atoms with Gasteiger partial charge in [0.1, 0.15) is 11.6 Å². The maximum atomic E-state index is 13.4. The fourth-order valence-electron chi connectivity index (χ4n) is 2.54. The summed E-state index contributed by atoms with van der Waals surface area (Å²) in [5.41, 5.74) is 2.27. The van der Waals surface area contributed by atoms with Crippen molar-refractivity contribution in [2.24, 2.45) is 0 Å². The Kier molecular flexibility index (Phi) is 4.48. The van der Waals surface area contributed by atoms with Crippen LogP contribution in [0.25, 0.3) is 10.9 Å². The number of benzene rings is 2. The van der Waals surface area contributed by atoms with Gasteiger partial charge in [0.25, 0.3) is 0 Å². The van der Waals surface area contributed by atoms with Gasteiger partial charge in [0.2, 0.25) is 0 Å². The average molecular weight is 376 g/mol. The summed E-state index contributed by atoms with van der Waals surface area (Å²) in [6, 6.07) is 12.1. The number of rotatable bonds is 5. The molecular weight excluding hydrogens is 361 g/mol. The van der Waals surface area contributed by atoms with Crippen LogP contribution in [0.5, 0.6) is 5.75 Å². The molecule has 1 heterocycles. The van der Waals surface area contributed by atoms with Gasteiger partial charge in [-0.1, -0.05) is 12.1 Å².